The van der Waals surface area contributed by atoms with E-state index in [9.17, 15) is 0 Å². The summed E-state index contributed by atoms with van der Waals surface area (Å²) in [4.78, 5) is 8.35. The smallest absolute Gasteiger partial charge is 0.241 e. The van der Waals surface area contributed by atoms with Gasteiger partial charge in [-0.25, -0.2) is 10.8 Å². The number of hydrazine groups is 1. The number of nitrogen functional groups attached to an aromatic ring is 1. The Morgan fingerprint density at radius 1 is 1.33 bits per heavy atom. The van der Waals surface area contributed by atoms with Gasteiger partial charge in [-0.05, 0) is 19.1 Å². The second-order valence-corrected chi connectivity index (χ2v) is 2.95. The van der Waals surface area contributed by atoms with Crippen molar-refractivity contribution in [2.75, 3.05) is 12.0 Å². The number of ether oxygens (including phenoxy) is 1. The lowest BCUT2D eigenvalue weighted by molar-refractivity contribution is 0.331. The van der Waals surface area contributed by atoms with E-state index in [0.29, 0.717) is 18.4 Å². The summed E-state index contributed by atoms with van der Waals surface area (Å²) in [5, 5.41) is 0.887. The fourth-order valence-corrected chi connectivity index (χ4v) is 1.36. The Kier molecular flexibility index (Phi) is 2.64. The minimum absolute atomic E-state index is 0.358. The molecule has 0 unspecified atom stereocenters. The van der Waals surface area contributed by atoms with E-state index in [1.54, 1.807) is 0 Å². The zero-order valence-corrected chi connectivity index (χ0v) is 8.40. The number of nitrogens with one attached hydrogen (secondary N) is 1. The van der Waals surface area contributed by atoms with E-state index in [4.69, 9.17) is 10.6 Å². The lowest BCUT2D eigenvalue weighted by Gasteiger charge is -2.07. The molecule has 78 valence electrons. The zero-order valence-electron chi connectivity index (χ0n) is 8.40. The fourth-order valence-electron chi connectivity index (χ4n) is 1.36. The number of hydrogen-bond acceptors (Lipinski definition) is 5. The number of anilines is 1. The largest absolute Gasteiger partial charge is 0.477 e. The molecule has 1 heterocycles. The van der Waals surface area contributed by atoms with Gasteiger partial charge in [0.25, 0.3) is 0 Å². The number of nitrogens with two attached hydrogens (primary N) is 1. The average Bonchev–Trinajstić information content (AvgIpc) is 2.29. The molecule has 0 spiro atoms. The number of hydrogen-bond donors (Lipinski definition) is 2. The van der Waals surface area contributed by atoms with E-state index in [1.807, 2.05) is 31.2 Å². The van der Waals surface area contributed by atoms with Gasteiger partial charge in [0.2, 0.25) is 11.8 Å². The average molecular weight is 204 g/mol. The zero-order chi connectivity index (χ0) is 10.7. The Morgan fingerprint density at radius 2 is 2.13 bits per heavy atom. The highest BCUT2D eigenvalue weighted by atomic mass is 16.5. The first-order chi connectivity index (χ1) is 7.35. The minimum atomic E-state index is 0.358. The minimum Gasteiger partial charge on any atom is -0.477 e. The van der Waals surface area contributed by atoms with Gasteiger partial charge in [-0.2, -0.15) is 4.98 Å². The summed E-state index contributed by atoms with van der Waals surface area (Å²) >= 11 is 0. The van der Waals surface area contributed by atoms with Gasteiger partial charge in [-0.1, -0.05) is 12.1 Å². The van der Waals surface area contributed by atoms with Crippen molar-refractivity contribution in [1.29, 1.82) is 0 Å². The van der Waals surface area contributed by atoms with Gasteiger partial charge < -0.3 is 4.74 Å². The van der Waals surface area contributed by atoms with Gasteiger partial charge in [-0.15, -0.1) is 0 Å². The summed E-state index contributed by atoms with van der Waals surface area (Å²) in [6.45, 7) is 2.47. The lowest BCUT2D eigenvalue weighted by atomic mass is 10.2. The highest BCUT2D eigenvalue weighted by Gasteiger charge is 2.06. The maximum Gasteiger partial charge on any atom is 0.241 e. The van der Waals surface area contributed by atoms with Gasteiger partial charge in [0, 0.05) is 0 Å². The second-order valence-electron chi connectivity index (χ2n) is 2.95. The van der Waals surface area contributed by atoms with E-state index >= 15 is 0 Å². The van der Waals surface area contributed by atoms with E-state index in [-0.39, 0.29) is 0 Å². The molecule has 1 aromatic carbocycles. The summed E-state index contributed by atoms with van der Waals surface area (Å²) in [7, 11) is 0. The maximum atomic E-state index is 5.41. The van der Waals surface area contributed by atoms with Gasteiger partial charge in [0.05, 0.1) is 17.5 Å². The maximum absolute atomic E-state index is 5.41. The first-order valence-corrected chi connectivity index (χ1v) is 4.71. The van der Waals surface area contributed by atoms with Crippen LogP contribution in [0.1, 0.15) is 6.92 Å². The van der Waals surface area contributed by atoms with Crippen LogP contribution in [0.3, 0.4) is 0 Å². The predicted octanol–water partition coefficient (Wildman–Crippen LogP) is 1.31. The van der Waals surface area contributed by atoms with Crippen LogP contribution < -0.4 is 16.0 Å². The third-order valence-electron chi connectivity index (χ3n) is 1.98. The molecule has 0 amide bonds. The number of nitrogens with zero attached hydrogens (tertiary/aromatic N) is 2. The van der Waals surface area contributed by atoms with Crippen LogP contribution in [0.5, 0.6) is 5.88 Å². The Bertz CT molecular complexity index is 472. The van der Waals surface area contributed by atoms with Crippen molar-refractivity contribution in [3.8, 4) is 5.88 Å². The van der Waals surface area contributed by atoms with Crippen LogP contribution in [0.2, 0.25) is 0 Å². The van der Waals surface area contributed by atoms with Crippen LogP contribution in [0, 0.1) is 0 Å². The molecule has 0 radical (unpaired) electrons. The van der Waals surface area contributed by atoms with Crippen molar-refractivity contribution in [3.63, 3.8) is 0 Å². The third-order valence-corrected chi connectivity index (χ3v) is 1.98. The molecule has 1 aromatic heterocycles. The second kappa shape index (κ2) is 4.10. The van der Waals surface area contributed by atoms with Crippen molar-refractivity contribution >= 4 is 16.9 Å². The van der Waals surface area contributed by atoms with Gasteiger partial charge in [-0.3, -0.25) is 5.43 Å². The van der Waals surface area contributed by atoms with E-state index < -0.39 is 0 Å². The molecular weight excluding hydrogens is 192 g/mol. The molecule has 5 nitrogen and oxygen atoms in total. The number of benzene rings is 1. The Balaban J connectivity index is 2.63. The first kappa shape index (κ1) is 9.67. The van der Waals surface area contributed by atoms with Crippen LogP contribution in [0.25, 0.3) is 10.9 Å². The SMILES string of the molecule is CCOc1nc(NN)nc2ccccc12. The summed E-state index contributed by atoms with van der Waals surface area (Å²) in [5.74, 6) is 6.19. The molecule has 2 aromatic rings. The topological polar surface area (TPSA) is 73.1 Å². The summed E-state index contributed by atoms with van der Waals surface area (Å²) in [5.41, 5.74) is 3.22. The van der Waals surface area contributed by atoms with E-state index in [0.717, 1.165) is 10.9 Å². The molecule has 0 aliphatic heterocycles. The summed E-state index contributed by atoms with van der Waals surface area (Å²) < 4.78 is 5.41. The number of fused-ring (bicyclic) bond motifs is 1. The Hall–Kier alpha value is -1.88. The van der Waals surface area contributed by atoms with Gasteiger partial charge >= 0.3 is 0 Å². The van der Waals surface area contributed by atoms with Crippen molar-refractivity contribution in [2.24, 2.45) is 5.84 Å². The molecule has 2 rings (SSSR count). The van der Waals surface area contributed by atoms with Gasteiger partial charge in [0.1, 0.15) is 0 Å². The lowest BCUT2D eigenvalue weighted by Crippen LogP contribution is -2.11. The first-order valence-electron chi connectivity index (χ1n) is 4.71. The fraction of sp³-hybridized carbons (Fsp3) is 0.200. The van der Waals surface area contributed by atoms with Crippen LogP contribution >= 0.6 is 0 Å². The standard InChI is InChI=1S/C10H12N4O/c1-2-15-9-7-5-3-4-6-8(7)12-10(13-9)14-11/h3-6H,2,11H2,1H3,(H,12,13,14). The molecule has 0 atom stereocenters. The van der Waals surface area contributed by atoms with Crippen molar-refractivity contribution in [3.05, 3.63) is 24.3 Å². The van der Waals surface area contributed by atoms with Crippen LogP contribution in [0.15, 0.2) is 24.3 Å². The third kappa shape index (κ3) is 1.82. The van der Waals surface area contributed by atoms with Crippen molar-refractivity contribution < 1.29 is 4.74 Å². The number of para-hydroxylation sites is 1. The monoisotopic (exact) mass is 204 g/mol. The Morgan fingerprint density at radius 3 is 2.87 bits per heavy atom. The molecule has 0 saturated heterocycles. The van der Waals surface area contributed by atoms with Crippen molar-refractivity contribution in [1.82, 2.24) is 9.97 Å². The Labute approximate surface area is 87.3 Å². The molecule has 0 aliphatic rings. The highest BCUT2D eigenvalue weighted by molar-refractivity contribution is 5.84. The van der Waals surface area contributed by atoms with Crippen LogP contribution in [0.4, 0.5) is 5.95 Å². The molecule has 0 aliphatic carbocycles. The van der Waals surface area contributed by atoms with Crippen LogP contribution in [-0.2, 0) is 0 Å². The molecular formula is C10H12N4O. The number of aromatic nitrogens is 2. The molecule has 0 saturated carbocycles. The van der Waals surface area contributed by atoms with Gasteiger partial charge in [0.15, 0.2) is 0 Å². The molecule has 15 heavy (non-hydrogen) atoms. The molecule has 3 N–H and O–H groups in total. The predicted molar refractivity (Wildman–Crippen MR) is 58.5 cm³/mol. The number of rotatable bonds is 3. The van der Waals surface area contributed by atoms with E-state index in [1.165, 1.54) is 0 Å². The van der Waals surface area contributed by atoms with Crippen LogP contribution in [-0.4, -0.2) is 16.6 Å². The summed E-state index contributed by atoms with van der Waals surface area (Å²) in [6, 6.07) is 7.64. The van der Waals surface area contributed by atoms with Crippen molar-refractivity contribution in [2.45, 2.75) is 6.92 Å². The molecule has 5 heteroatoms. The molecule has 0 fully saturated rings. The normalized spacial score (nSPS) is 10.3. The van der Waals surface area contributed by atoms with E-state index in [2.05, 4.69) is 15.4 Å². The highest BCUT2D eigenvalue weighted by Crippen LogP contribution is 2.23. The molecule has 0 bridgehead atoms. The quantitative estimate of drug-likeness (QED) is 0.582. The summed E-state index contributed by atoms with van der Waals surface area (Å²) in [6.07, 6.45) is 0.